The first kappa shape index (κ1) is 14.5. The van der Waals surface area contributed by atoms with E-state index in [0.717, 1.165) is 19.4 Å². The fraction of sp³-hybridized carbons (Fsp3) is 0.923. The summed E-state index contributed by atoms with van der Waals surface area (Å²) in [6.45, 7) is 2.30. The zero-order valence-electron chi connectivity index (χ0n) is 10.8. The standard InChI is InChI=1S/C13H25NO3/c1-13(14,12(15)16)9-5-6-10-17-11-7-3-2-4-8-11/h11H,2-10,14H2,1H3,(H,15,16). The van der Waals surface area contributed by atoms with Gasteiger partial charge in [-0.05, 0) is 39.0 Å². The van der Waals surface area contributed by atoms with Gasteiger partial charge in [-0.3, -0.25) is 4.79 Å². The van der Waals surface area contributed by atoms with E-state index in [1.54, 1.807) is 6.92 Å². The van der Waals surface area contributed by atoms with Gasteiger partial charge in [-0.2, -0.15) is 0 Å². The second-order valence-corrected chi connectivity index (χ2v) is 5.31. The van der Waals surface area contributed by atoms with E-state index in [0.29, 0.717) is 12.5 Å². The number of hydrogen-bond donors (Lipinski definition) is 2. The van der Waals surface area contributed by atoms with Gasteiger partial charge in [-0.25, -0.2) is 0 Å². The van der Waals surface area contributed by atoms with Gasteiger partial charge in [0.25, 0.3) is 0 Å². The van der Waals surface area contributed by atoms with Crippen molar-refractivity contribution in [1.82, 2.24) is 0 Å². The Hall–Kier alpha value is -0.610. The van der Waals surface area contributed by atoms with Gasteiger partial charge in [-0.1, -0.05) is 19.3 Å². The number of carboxylic acids is 1. The quantitative estimate of drug-likeness (QED) is 0.673. The van der Waals surface area contributed by atoms with Gasteiger partial charge >= 0.3 is 5.97 Å². The average Bonchev–Trinajstić information content (AvgIpc) is 2.29. The summed E-state index contributed by atoms with van der Waals surface area (Å²) in [4.78, 5) is 10.8. The lowest BCUT2D eigenvalue weighted by atomic mass is 9.96. The first-order chi connectivity index (χ1) is 8.02. The van der Waals surface area contributed by atoms with Crippen molar-refractivity contribution in [2.24, 2.45) is 5.73 Å². The molecule has 0 radical (unpaired) electrons. The Morgan fingerprint density at radius 1 is 1.35 bits per heavy atom. The summed E-state index contributed by atoms with van der Waals surface area (Å²) in [5, 5.41) is 8.85. The highest BCUT2D eigenvalue weighted by Crippen LogP contribution is 2.20. The van der Waals surface area contributed by atoms with E-state index in [1.807, 2.05) is 0 Å². The summed E-state index contributed by atoms with van der Waals surface area (Å²) in [5.41, 5.74) is 4.55. The minimum Gasteiger partial charge on any atom is -0.480 e. The van der Waals surface area contributed by atoms with Crippen LogP contribution in [0.1, 0.15) is 58.3 Å². The summed E-state index contributed by atoms with van der Waals surface area (Å²) in [6.07, 6.45) is 8.93. The molecule has 100 valence electrons. The van der Waals surface area contributed by atoms with Crippen molar-refractivity contribution >= 4 is 5.97 Å². The number of hydrogen-bond acceptors (Lipinski definition) is 3. The first-order valence-electron chi connectivity index (χ1n) is 6.66. The van der Waals surface area contributed by atoms with Gasteiger partial charge in [0.2, 0.25) is 0 Å². The molecule has 0 heterocycles. The molecule has 1 aliphatic carbocycles. The molecule has 0 bridgehead atoms. The van der Waals surface area contributed by atoms with Crippen LogP contribution in [0.5, 0.6) is 0 Å². The normalized spacial score (nSPS) is 21.1. The van der Waals surface area contributed by atoms with E-state index in [9.17, 15) is 4.79 Å². The molecule has 0 aromatic heterocycles. The minimum atomic E-state index is -1.09. The van der Waals surface area contributed by atoms with Gasteiger partial charge < -0.3 is 15.6 Å². The summed E-state index contributed by atoms with van der Waals surface area (Å²) < 4.78 is 5.77. The van der Waals surface area contributed by atoms with Crippen LogP contribution in [-0.2, 0) is 9.53 Å². The molecule has 0 aromatic carbocycles. The molecule has 3 N–H and O–H groups in total. The zero-order chi connectivity index (χ0) is 12.7. The molecule has 0 amide bonds. The molecule has 1 saturated carbocycles. The van der Waals surface area contributed by atoms with Crippen molar-refractivity contribution in [1.29, 1.82) is 0 Å². The largest absolute Gasteiger partial charge is 0.480 e. The van der Waals surface area contributed by atoms with Crippen molar-refractivity contribution in [2.45, 2.75) is 69.9 Å². The van der Waals surface area contributed by atoms with Crippen LogP contribution in [0.15, 0.2) is 0 Å². The van der Waals surface area contributed by atoms with E-state index in [4.69, 9.17) is 15.6 Å². The highest BCUT2D eigenvalue weighted by molar-refractivity contribution is 5.77. The van der Waals surface area contributed by atoms with Crippen LogP contribution >= 0.6 is 0 Å². The molecule has 0 aromatic rings. The van der Waals surface area contributed by atoms with Crippen molar-refractivity contribution in [3.63, 3.8) is 0 Å². The molecule has 1 aliphatic rings. The Morgan fingerprint density at radius 2 is 2.00 bits per heavy atom. The molecule has 0 aliphatic heterocycles. The minimum absolute atomic E-state index is 0.437. The maximum Gasteiger partial charge on any atom is 0.323 e. The third-order valence-electron chi connectivity index (χ3n) is 3.48. The SMILES string of the molecule is CC(N)(CCCCOC1CCCCC1)C(=O)O. The molecule has 17 heavy (non-hydrogen) atoms. The fourth-order valence-electron chi connectivity index (χ4n) is 2.18. The molecular formula is C13H25NO3. The second kappa shape index (κ2) is 6.97. The monoisotopic (exact) mass is 243 g/mol. The van der Waals surface area contributed by atoms with Crippen LogP contribution in [0.25, 0.3) is 0 Å². The zero-order valence-corrected chi connectivity index (χ0v) is 10.8. The predicted octanol–water partition coefficient (Wildman–Crippen LogP) is 2.31. The summed E-state index contributed by atoms with van der Waals surface area (Å²) >= 11 is 0. The summed E-state index contributed by atoms with van der Waals surface area (Å²) in [6, 6.07) is 0. The van der Waals surface area contributed by atoms with Gasteiger partial charge in [0, 0.05) is 6.61 Å². The lowest BCUT2D eigenvalue weighted by Gasteiger charge is -2.22. The van der Waals surface area contributed by atoms with E-state index in [2.05, 4.69) is 0 Å². The fourth-order valence-corrected chi connectivity index (χ4v) is 2.18. The smallest absolute Gasteiger partial charge is 0.323 e. The van der Waals surface area contributed by atoms with Crippen LogP contribution in [-0.4, -0.2) is 29.3 Å². The maximum absolute atomic E-state index is 10.8. The van der Waals surface area contributed by atoms with Gasteiger partial charge in [0.1, 0.15) is 5.54 Å². The van der Waals surface area contributed by atoms with E-state index >= 15 is 0 Å². The first-order valence-corrected chi connectivity index (χ1v) is 6.66. The van der Waals surface area contributed by atoms with Gasteiger partial charge in [0.05, 0.1) is 6.10 Å². The molecule has 1 fully saturated rings. The lowest BCUT2D eigenvalue weighted by Crippen LogP contribution is -2.44. The highest BCUT2D eigenvalue weighted by Gasteiger charge is 2.26. The van der Waals surface area contributed by atoms with Crippen molar-refractivity contribution in [2.75, 3.05) is 6.61 Å². The van der Waals surface area contributed by atoms with Gasteiger partial charge in [-0.15, -0.1) is 0 Å². The molecule has 0 spiro atoms. The Kier molecular flexibility index (Phi) is 5.92. The Bertz CT molecular complexity index is 235. The molecule has 1 unspecified atom stereocenters. The van der Waals surface area contributed by atoms with Crippen LogP contribution in [0.4, 0.5) is 0 Å². The number of carboxylic acid groups (broad SMARTS) is 1. The topological polar surface area (TPSA) is 72.5 Å². The summed E-state index contributed by atoms with van der Waals surface area (Å²) in [5.74, 6) is -0.925. The van der Waals surface area contributed by atoms with Crippen LogP contribution < -0.4 is 5.73 Å². The third-order valence-corrected chi connectivity index (χ3v) is 3.48. The molecule has 0 saturated heterocycles. The number of carbonyl (C=O) groups is 1. The Morgan fingerprint density at radius 3 is 2.59 bits per heavy atom. The van der Waals surface area contributed by atoms with E-state index in [-0.39, 0.29) is 0 Å². The molecule has 4 heteroatoms. The lowest BCUT2D eigenvalue weighted by molar-refractivity contribution is -0.143. The third kappa shape index (κ3) is 5.50. The summed E-state index contributed by atoms with van der Waals surface area (Å²) in [7, 11) is 0. The van der Waals surface area contributed by atoms with Crippen molar-refractivity contribution in [3.05, 3.63) is 0 Å². The number of rotatable bonds is 7. The van der Waals surface area contributed by atoms with Crippen molar-refractivity contribution < 1.29 is 14.6 Å². The molecule has 4 nitrogen and oxygen atoms in total. The number of aliphatic carboxylic acids is 1. The van der Waals surface area contributed by atoms with E-state index in [1.165, 1.54) is 32.1 Å². The van der Waals surface area contributed by atoms with Crippen LogP contribution in [0, 0.1) is 0 Å². The average molecular weight is 243 g/mol. The molecule has 1 atom stereocenters. The highest BCUT2D eigenvalue weighted by atomic mass is 16.5. The van der Waals surface area contributed by atoms with Crippen LogP contribution in [0.3, 0.4) is 0 Å². The predicted molar refractivity (Wildman–Crippen MR) is 66.9 cm³/mol. The van der Waals surface area contributed by atoms with Crippen LogP contribution in [0.2, 0.25) is 0 Å². The molecular weight excluding hydrogens is 218 g/mol. The number of unbranched alkanes of at least 4 members (excludes halogenated alkanes) is 1. The number of ether oxygens (including phenoxy) is 1. The Balaban J connectivity index is 2.02. The van der Waals surface area contributed by atoms with Crippen molar-refractivity contribution in [3.8, 4) is 0 Å². The second-order valence-electron chi connectivity index (χ2n) is 5.31. The number of nitrogens with two attached hydrogens (primary N) is 1. The van der Waals surface area contributed by atoms with Gasteiger partial charge in [0.15, 0.2) is 0 Å². The molecule has 1 rings (SSSR count). The maximum atomic E-state index is 10.8. The Labute approximate surface area is 104 Å². The van der Waals surface area contributed by atoms with E-state index < -0.39 is 11.5 Å².